The topological polar surface area (TPSA) is 60.4 Å². The lowest BCUT2D eigenvalue weighted by atomic mass is 9.96. The summed E-state index contributed by atoms with van der Waals surface area (Å²) in [6.07, 6.45) is 1.72. The Morgan fingerprint density at radius 3 is 2.53 bits per heavy atom. The number of nitrogens with two attached hydrogens (primary N) is 1. The second kappa shape index (κ2) is 5.47. The fraction of sp³-hybridized carbons (Fsp3) is 0.333. The lowest BCUT2D eigenvalue weighted by molar-refractivity contribution is 0.400. The van der Waals surface area contributed by atoms with Gasteiger partial charge in [-0.3, -0.25) is 5.84 Å². The Hall–Kier alpha value is -1.78. The zero-order valence-electron chi connectivity index (χ0n) is 11.8. The number of rotatable bonds is 4. The van der Waals surface area contributed by atoms with Gasteiger partial charge in [0.2, 0.25) is 0 Å². The van der Waals surface area contributed by atoms with Gasteiger partial charge in [0.05, 0.1) is 19.4 Å². The molecule has 0 amide bonds. The Morgan fingerprint density at radius 2 is 2.00 bits per heavy atom. The van der Waals surface area contributed by atoms with Crippen LogP contribution in [0.4, 0.5) is 0 Å². The van der Waals surface area contributed by atoms with Crippen LogP contribution in [0.5, 0.6) is 5.75 Å². The standard InChI is InChI=1S/C15H20N2O2/c1-9-5-6-13(15(18-4)11(9)3)14(17-16)12-7-10(2)19-8-12/h5-8,14,17H,16H2,1-4H3. The average Bonchev–Trinajstić information content (AvgIpc) is 2.81. The lowest BCUT2D eigenvalue weighted by Gasteiger charge is -2.20. The number of nitrogens with one attached hydrogen (secondary N) is 1. The summed E-state index contributed by atoms with van der Waals surface area (Å²) < 4.78 is 10.9. The number of methoxy groups -OCH3 is 1. The van der Waals surface area contributed by atoms with Crippen LogP contribution >= 0.6 is 0 Å². The summed E-state index contributed by atoms with van der Waals surface area (Å²) in [5.74, 6) is 7.43. The monoisotopic (exact) mass is 260 g/mol. The van der Waals surface area contributed by atoms with E-state index in [1.165, 1.54) is 5.56 Å². The Bertz CT molecular complexity index is 576. The van der Waals surface area contributed by atoms with E-state index < -0.39 is 0 Å². The Balaban J connectivity index is 2.52. The first-order valence-corrected chi connectivity index (χ1v) is 6.23. The van der Waals surface area contributed by atoms with E-state index in [0.29, 0.717) is 0 Å². The fourth-order valence-corrected chi connectivity index (χ4v) is 2.29. The minimum atomic E-state index is -0.147. The molecule has 0 bridgehead atoms. The van der Waals surface area contributed by atoms with Gasteiger partial charge in [-0.2, -0.15) is 0 Å². The van der Waals surface area contributed by atoms with E-state index in [0.717, 1.165) is 28.2 Å². The Labute approximate surface area is 113 Å². The molecule has 4 heteroatoms. The quantitative estimate of drug-likeness (QED) is 0.655. The molecule has 4 nitrogen and oxygen atoms in total. The van der Waals surface area contributed by atoms with Crippen molar-refractivity contribution in [2.45, 2.75) is 26.8 Å². The normalized spacial score (nSPS) is 12.5. The first-order valence-electron chi connectivity index (χ1n) is 6.23. The van der Waals surface area contributed by atoms with Crippen LogP contribution in [-0.2, 0) is 0 Å². The molecule has 102 valence electrons. The molecule has 1 aromatic heterocycles. The third-order valence-electron chi connectivity index (χ3n) is 3.47. The number of hydrogen-bond donors (Lipinski definition) is 2. The summed E-state index contributed by atoms with van der Waals surface area (Å²) in [5.41, 5.74) is 7.14. The molecule has 1 aromatic carbocycles. The smallest absolute Gasteiger partial charge is 0.127 e. The summed E-state index contributed by atoms with van der Waals surface area (Å²) in [5, 5.41) is 0. The van der Waals surface area contributed by atoms with Crippen LogP contribution in [0.2, 0.25) is 0 Å². The van der Waals surface area contributed by atoms with Crippen LogP contribution in [0.25, 0.3) is 0 Å². The van der Waals surface area contributed by atoms with Gasteiger partial charge in [-0.25, -0.2) is 5.43 Å². The third kappa shape index (κ3) is 2.50. The molecule has 1 atom stereocenters. The first-order chi connectivity index (χ1) is 9.08. The SMILES string of the molecule is COc1c(C(NN)c2coc(C)c2)ccc(C)c1C. The van der Waals surface area contributed by atoms with E-state index in [1.807, 2.05) is 26.0 Å². The molecule has 2 rings (SSSR count). The maximum Gasteiger partial charge on any atom is 0.127 e. The van der Waals surface area contributed by atoms with Gasteiger partial charge in [0.1, 0.15) is 11.5 Å². The molecule has 1 unspecified atom stereocenters. The number of ether oxygens (including phenoxy) is 1. The molecule has 19 heavy (non-hydrogen) atoms. The van der Waals surface area contributed by atoms with Gasteiger partial charge in [0.25, 0.3) is 0 Å². The summed E-state index contributed by atoms with van der Waals surface area (Å²) >= 11 is 0. The second-order valence-electron chi connectivity index (χ2n) is 4.72. The number of hydrazine groups is 1. The van der Waals surface area contributed by atoms with Gasteiger partial charge in [-0.15, -0.1) is 0 Å². The zero-order chi connectivity index (χ0) is 14.0. The van der Waals surface area contributed by atoms with Crippen molar-refractivity contribution in [1.82, 2.24) is 5.43 Å². The van der Waals surface area contributed by atoms with Gasteiger partial charge < -0.3 is 9.15 Å². The van der Waals surface area contributed by atoms with Crippen molar-refractivity contribution in [2.75, 3.05) is 7.11 Å². The van der Waals surface area contributed by atoms with E-state index in [2.05, 4.69) is 18.4 Å². The predicted octanol–water partition coefficient (Wildman–Crippen LogP) is 2.77. The zero-order valence-corrected chi connectivity index (χ0v) is 11.8. The largest absolute Gasteiger partial charge is 0.496 e. The van der Waals surface area contributed by atoms with Crippen LogP contribution in [0.3, 0.4) is 0 Å². The Morgan fingerprint density at radius 1 is 1.26 bits per heavy atom. The lowest BCUT2D eigenvalue weighted by Crippen LogP contribution is -2.29. The van der Waals surface area contributed by atoms with E-state index >= 15 is 0 Å². The van der Waals surface area contributed by atoms with E-state index in [-0.39, 0.29) is 6.04 Å². The summed E-state index contributed by atoms with van der Waals surface area (Å²) in [4.78, 5) is 0. The molecule has 0 spiro atoms. The molecular weight excluding hydrogens is 240 g/mol. The van der Waals surface area contributed by atoms with Crippen molar-refractivity contribution in [3.05, 3.63) is 52.5 Å². The minimum Gasteiger partial charge on any atom is -0.496 e. The highest BCUT2D eigenvalue weighted by atomic mass is 16.5. The van der Waals surface area contributed by atoms with Gasteiger partial charge >= 0.3 is 0 Å². The number of hydrogen-bond acceptors (Lipinski definition) is 4. The van der Waals surface area contributed by atoms with Crippen LogP contribution < -0.4 is 16.0 Å². The van der Waals surface area contributed by atoms with Gasteiger partial charge in [0, 0.05) is 11.1 Å². The average molecular weight is 260 g/mol. The summed E-state index contributed by atoms with van der Waals surface area (Å²) in [7, 11) is 1.68. The van der Waals surface area contributed by atoms with Gasteiger partial charge in [-0.1, -0.05) is 12.1 Å². The van der Waals surface area contributed by atoms with Gasteiger partial charge in [-0.05, 0) is 38.0 Å². The van der Waals surface area contributed by atoms with E-state index in [9.17, 15) is 0 Å². The summed E-state index contributed by atoms with van der Waals surface area (Å²) in [6.45, 7) is 6.02. The number of aryl methyl sites for hydroxylation is 2. The van der Waals surface area contributed by atoms with Crippen LogP contribution in [0.1, 0.15) is 34.1 Å². The molecule has 0 radical (unpaired) electrons. The molecule has 0 aliphatic rings. The van der Waals surface area contributed by atoms with Crippen LogP contribution in [-0.4, -0.2) is 7.11 Å². The van der Waals surface area contributed by atoms with Crippen LogP contribution in [0.15, 0.2) is 28.9 Å². The molecular formula is C15H20N2O2. The first kappa shape index (κ1) is 13.6. The molecule has 0 aliphatic carbocycles. The van der Waals surface area contributed by atoms with Crippen molar-refractivity contribution in [3.63, 3.8) is 0 Å². The number of furan rings is 1. The predicted molar refractivity (Wildman–Crippen MR) is 75.1 cm³/mol. The highest BCUT2D eigenvalue weighted by Crippen LogP contribution is 2.34. The minimum absolute atomic E-state index is 0.147. The molecule has 0 aliphatic heterocycles. The van der Waals surface area contributed by atoms with E-state index in [4.69, 9.17) is 15.0 Å². The second-order valence-corrected chi connectivity index (χ2v) is 4.72. The van der Waals surface area contributed by atoms with Crippen molar-refractivity contribution in [2.24, 2.45) is 5.84 Å². The summed E-state index contributed by atoms with van der Waals surface area (Å²) in [6, 6.07) is 5.93. The molecule has 0 saturated heterocycles. The van der Waals surface area contributed by atoms with E-state index in [1.54, 1.807) is 13.4 Å². The third-order valence-corrected chi connectivity index (χ3v) is 3.47. The molecule has 0 saturated carbocycles. The maximum atomic E-state index is 5.71. The van der Waals surface area contributed by atoms with Crippen molar-refractivity contribution >= 4 is 0 Å². The van der Waals surface area contributed by atoms with Crippen molar-refractivity contribution < 1.29 is 9.15 Å². The highest BCUT2D eigenvalue weighted by Gasteiger charge is 2.20. The maximum absolute atomic E-state index is 5.71. The highest BCUT2D eigenvalue weighted by molar-refractivity contribution is 5.49. The number of benzene rings is 1. The van der Waals surface area contributed by atoms with Crippen molar-refractivity contribution in [3.8, 4) is 5.75 Å². The molecule has 0 fully saturated rings. The van der Waals surface area contributed by atoms with Crippen molar-refractivity contribution in [1.29, 1.82) is 0 Å². The fourth-order valence-electron chi connectivity index (χ4n) is 2.29. The van der Waals surface area contributed by atoms with Crippen LogP contribution in [0, 0.1) is 20.8 Å². The molecule has 3 N–H and O–H groups in total. The molecule has 2 aromatic rings. The molecule has 1 heterocycles. The Kier molecular flexibility index (Phi) is 3.93. The van der Waals surface area contributed by atoms with Gasteiger partial charge in [0.15, 0.2) is 0 Å².